The van der Waals surface area contributed by atoms with Crippen LogP contribution >= 0.6 is 0 Å². The van der Waals surface area contributed by atoms with Gasteiger partial charge in [0, 0.05) is 0 Å². The van der Waals surface area contributed by atoms with E-state index in [0.717, 1.165) is 11.1 Å². The number of esters is 1. The van der Waals surface area contributed by atoms with Crippen LogP contribution in [0.4, 0.5) is 0 Å². The van der Waals surface area contributed by atoms with Crippen molar-refractivity contribution < 1.29 is 9.53 Å². The van der Waals surface area contributed by atoms with Crippen LogP contribution in [0.25, 0.3) is 0 Å². The fraction of sp³-hybridized carbons (Fsp3) is 0.500. The Kier molecular flexibility index (Phi) is 4.70. The molecule has 0 aliphatic carbocycles. The third-order valence-electron chi connectivity index (χ3n) is 2.86. The molecule has 0 saturated heterocycles. The molecule has 17 heavy (non-hydrogen) atoms. The van der Waals surface area contributed by atoms with Crippen LogP contribution in [0.3, 0.4) is 0 Å². The van der Waals surface area contributed by atoms with E-state index in [1.807, 2.05) is 39.8 Å². The van der Waals surface area contributed by atoms with Gasteiger partial charge >= 0.3 is 5.97 Å². The number of hydrogen-bond donors (Lipinski definition) is 1. The molecule has 0 aliphatic heterocycles. The fourth-order valence-electron chi connectivity index (χ4n) is 1.53. The van der Waals surface area contributed by atoms with Crippen molar-refractivity contribution in [2.24, 2.45) is 11.7 Å². The summed E-state index contributed by atoms with van der Waals surface area (Å²) in [6, 6.07) is 5.53. The quantitative estimate of drug-likeness (QED) is 0.815. The number of aryl methyl sites for hydroxylation is 2. The van der Waals surface area contributed by atoms with Crippen LogP contribution in [0.5, 0.6) is 0 Å². The zero-order valence-electron chi connectivity index (χ0n) is 11.0. The molecule has 0 spiro atoms. The Bertz CT molecular complexity index is 399. The molecule has 1 rings (SSSR count). The normalized spacial score (nSPS) is 12.6. The summed E-state index contributed by atoms with van der Waals surface area (Å²) in [7, 11) is 0. The van der Waals surface area contributed by atoms with E-state index in [-0.39, 0.29) is 11.9 Å². The van der Waals surface area contributed by atoms with Crippen LogP contribution in [0.15, 0.2) is 18.2 Å². The summed E-state index contributed by atoms with van der Waals surface area (Å²) in [6.45, 7) is 8.16. The summed E-state index contributed by atoms with van der Waals surface area (Å²) in [5.41, 5.74) is 9.08. The molecular weight excluding hydrogens is 214 g/mol. The van der Waals surface area contributed by atoms with Crippen molar-refractivity contribution in [3.63, 3.8) is 0 Å². The first-order chi connectivity index (χ1) is 7.91. The summed E-state index contributed by atoms with van der Waals surface area (Å²) in [5, 5.41) is 0. The van der Waals surface area contributed by atoms with Crippen molar-refractivity contribution in [3.8, 4) is 0 Å². The molecule has 0 fully saturated rings. The molecule has 0 saturated carbocycles. The standard InChI is InChI=1S/C14H21NO2/c1-9(2)13(15)14(16)17-8-12-6-5-10(3)7-11(12)4/h5-7,9,13H,8,15H2,1-4H3. The average Bonchev–Trinajstić information content (AvgIpc) is 2.26. The smallest absolute Gasteiger partial charge is 0.323 e. The molecule has 1 unspecified atom stereocenters. The van der Waals surface area contributed by atoms with E-state index >= 15 is 0 Å². The number of hydrogen-bond acceptors (Lipinski definition) is 3. The highest BCUT2D eigenvalue weighted by atomic mass is 16.5. The SMILES string of the molecule is Cc1ccc(COC(=O)C(N)C(C)C)c(C)c1. The van der Waals surface area contributed by atoms with Gasteiger partial charge in [0.2, 0.25) is 0 Å². The highest BCUT2D eigenvalue weighted by Crippen LogP contribution is 2.12. The molecule has 0 aliphatic rings. The number of carbonyl (C=O) groups excluding carboxylic acids is 1. The highest BCUT2D eigenvalue weighted by molar-refractivity contribution is 5.75. The molecule has 1 aromatic carbocycles. The van der Waals surface area contributed by atoms with E-state index in [2.05, 4.69) is 6.07 Å². The van der Waals surface area contributed by atoms with Crippen molar-refractivity contribution >= 4 is 5.97 Å². The molecule has 0 bridgehead atoms. The van der Waals surface area contributed by atoms with Crippen LogP contribution in [-0.2, 0) is 16.1 Å². The number of carbonyl (C=O) groups is 1. The second-order valence-corrected chi connectivity index (χ2v) is 4.81. The Hall–Kier alpha value is -1.35. The summed E-state index contributed by atoms with van der Waals surface area (Å²) >= 11 is 0. The van der Waals surface area contributed by atoms with Crippen LogP contribution < -0.4 is 5.73 Å². The Morgan fingerprint density at radius 2 is 2.00 bits per heavy atom. The van der Waals surface area contributed by atoms with Crippen molar-refractivity contribution in [3.05, 3.63) is 34.9 Å². The predicted molar refractivity (Wildman–Crippen MR) is 68.5 cm³/mol. The molecule has 0 amide bonds. The van der Waals surface area contributed by atoms with Gasteiger partial charge in [0.1, 0.15) is 12.6 Å². The molecular formula is C14H21NO2. The minimum Gasteiger partial charge on any atom is -0.460 e. The summed E-state index contributed by atoms with van der Waals surface area (Å²) < 4.78 is 5.21. The number of benzene rings is 1. The topological polar surface area (TPSA) is 52.3 Å². The zero-order chi connectivity index (χ0) is 13.0. The first-order valence-corrected chi connectivity index (χ1v) is 5.90. The largest absolute Gasteiger partial charge is 0.460 e. The monoisotopic (exact) mass is 235 g/mol. The Morgan fingerprint density at radius 1 is 1.35 bits per heavy atom. The van der Waals surface area contributed by atoms with E-state index in [9.17, 15) is 4.79 Å². The van der Waals surface area contributed by atoms with Gasteiger partial charge in [-0.25, -0.2) is 0 Å². The average molecular weight is 235 g/mol. The highest BCUT2D eigenvalue weighted by Gasteiger charge is 2.18. The maximum atomic E-state index is 11.6. The van der Waals surface area contributed by atoms with Gasteiger partial charge in [-0.15, -0.1) is 0 Å². The van der Waals surface area contributed by atoms with Gasteiger partial charge in [-0.3, -0.25) is 4.79 Å². The van der Waals surface area contributed by atoms with Crippen LogP contribution in [0.2, 0.25) is 0 Å². The molecule has 1 atom stereocenters. The number of nitrogens with two attached hydrogens (primary N) is 1. The van der Waals surface area contributed by atoms with Gasteiger partial charge in [-0.2, -0.15) is 0 Å². The van der Waals surface area contributed by atoms with E-state index in [4.69, 9.17) is 10.5 Å². The first kappa shape index (κ1) is 13.7. The van der Waals surface area contributed by atoms with E-state index < -0.39 is 6.04 Å². The third kappa shape index (κ3) is 3.86. The Balaban J connectivity index is 2.59. The minimum atomic E-state index is -0.541. The minimum absolute atomic E-state index is 0.0987. The lowest BCUT2D eigenvalue weighted by atomic mass is 10.1. The van der Waals surface area contributed by atoms with E-state index in [1.54, 1.807) is 0 Å². The second kappa shape index (κ2) is 5.82. The maximum absolute atomic E-state index is 11.6. The van der Waals surface area contributed by atoms with Gasteiger partial charge in [0.25, 0.3) is 0 Å². The van der Waals surface area contributed by atoms with Crippen LogP contribution in [0.1, 0.15) is 30.5 Å². The van der Waals surface area contributed by atoms with Gasteiger partial charge in [-0.1, -0.05) is 37.6 Å². The van der Waals surface area contributed by atoms with Crippen molar-refractivity contribution in [2.45, 2.75) is 40.3 Å². The molecule has 3 nitrogen and oxygen atoms in total. The number of ether oxygens (including phenoxy) is 1. The van der Waals surface area contributed by atoms with Gasteiger partial charge in [-0.05, 0) is 30.9 Å². The molecule has 0 radical (unpaired) electrons. The predicted octanol–water partition coefficient (Wildman–Crippen LogP) is 2.33. The van der Waals surface area contributed by atoms with Crippen molar-refractivity contribution in [1.29, 1.82) is 0 Å². The fourth-order valence-corrected chi connectivity index (χ4v) is 1.53. The molecule has 2 N–H and O–H groups in total. The first-order valence-electron chi connectivity index (χ1n) is 5.90. The van der Waals surface area contributed by atoms with Gasteiger partial charge in [0.05, 0.1) is 0 Å². The maximum Gasteiger partial charge on any atom is 0.323 e. The summed E-state index contributed by atoms with van der Waals surface area (Å²) in [5.74, 6) is -0.235. The molecule has 0 heterocycles. The lowest BCUT2D eigenvalue weighted by Crippen LogP contribution is -2.36. The second-order valence-electron chi connectivity index (χ2n) is 4.81. The van der Waals surface area contributed by atoms with Crippen molar-refractivity contribution in [1.82, 2.24) is 0 Å². The lowest BCUT2D eigenvalue weighted by molar-refractivity contribution is -0.147. The number of rotatable bonds is 4. The zero-order valence-corrected chi connectivity index (χ0v) is 11.0. The van der Waals surface area contributed by atoms with Gasteiger partial charge in [0.15, 0.2) is 0 Å². The van der Waals surface area contributed by atoms with Crippen LogP contribution in [0, 0.1) is 19.8 Å². The Labute approximate surface area is 103 Å². The van der Waals surface area contributed by atoms with Gasteiger partial charge < -0.3 is 10.5 Å². The summed E-state index contributed by atoms with van der Waals surface area (Å²) in [4.78, 5) is 11.6. The van der Waals surface area contributed by atoms with E-state index in [1.165, 1.54) is 5.56 Å². The van der Waals surface area contributed by atoms with Crippen LogP contribution in [-0.4, -0.2) is 12.0 Å². The Morgan fingerprint density at radius 3 is 2.53 bits per heavy atom. The lowest BCUT2D eigenvalue weighted by Gasteiger charge is -2.15. The van der Waals surface area contributed by atoms with E-state index in [0.29, 0.717) is 6.61 Å². The third-order valence-corrected chi connectivity index (χ3v) is 2.86. The molecule has 0 aromatic heterocycles. The molecule has 3 heteroatoms. The molecule has 1 aromatic rings. The summed E-state index contributed by atoms with van der Waals surface area (Å²) in [6.07, 6.45) is 0. The molecule has 94 valence electrons. The van der Waals surface area contributed by atoms with Crippen molar-refractivity contribution in [2.75, 3.05) is 0 Å².